The van der Waals surface area contributed by atoms with Crippen LogP contribution in [0.15, 0.2) is 36.9 Å². The third-order valence-corrected chi connectivity index (χ3v) is 8.38. The molecule has 0 amide bonds. The van der Waals surface area contributed by atoms with Crippen molar-refractivity contribution in [3.8, 4) is 6.07 Å². The fourth-order valence-corrected chi connectivity index (χ4v) is 6.64. The molecule has 0 aromatic carbocycles. The molecule has 2 saturated carbocycles. The zero-order valence-corrected chi connectivity index (χ0v) is 22.3. The third kappa shape index (κ3) is 4.32. The number of nitrogen functional groups attached to an aromatic ring is 2. The van der Waals surface area contributed by atoms with E-state index in [-0.39, 0.29) is 25.4 Å². The Morgan fingerprint density at radius 2 is 1.19 bits per heavy atom. The van der Waals surface area contributed by atoms with Crippen molar-refractivity contribution in [1.29, 1.82) is 5.26 Å². The third-order valence-electron chi connectivity index (χ3n) is 8.38. The molecule has 4 N–H and O–H groups in total. The number of anilines is 2. The number of hydrogen-bond acceptors (Lipinski definition) is 9. The minimum Gasteiger partial charge on any atom is -0.368 e. The van der Waals surface area contributed by atoms with Gasteiger partial charge in [-0.15, -0.1) is 0 Å². The standard InChI is InChI=1S/C15H14N6.C14H14FN5.CH4/c16-7-12-13-10(5-6-18-12)11-8-19-15(17)20-14(11)21(13)9-3-1-2-4-9;15-12-11-9(5-6-17-12)10-7-18-14(16)19-13(10)20(11)8-3-1-2-4-8;/h5-6,8-9H,1-4H2,(H2,17,19,20);5-8H,1-4H2,(H2,16,18,19);1H4. The second-order valence-electron chi connectivity index (χ2n) is 10.7. The molecule has 0 atom stereocenters. The molecule has 2 aliphatic rings. The number of nitrogens with zero attached hydrogens (tertiary/aromatic N) is 9. The first-order valence-corrected chi connectivity index (χ1v) is 13.9. The zero-order valence-electron chi connectivity index (χ0n) is 22.3. The highest BCUT2D eigenvalue weighted by Gasteiger charge is 2.26. The van der Waals surface area contributed by atoms with Crippen molar-refractivity contribution in [3.63, 3.8) is 0 Å². The molecule has 12 heteroatoms. The number of nitrogens with two attached hydrogens (primary N) is 2. The average molecular weight is 566 g/mol. The summed E-state index contributed by atoms with van der Waals surface area (Å²) < 4.78 is 18.4. The molecule has 6 heterocycles. The van der Waals surface area contributed by atoms with Crippen LogP contribution in [0.4, 0.5) is 16.3 Å². The van der Waals surface area contributed by atoms with Crippen molar-refractivity contribution >= 4 is 55.8 Å². The molecule has 0 bridgehead atoms. The Hall–Kier alpha value is -4.92. The topological polar surface area (TPSA) is 163 Å². The first-order chi connectivity index (χ1) is 20.0. The van der Waals surface area contributed by atoms with Gasteiger partial charge in [-0.3, -0.25) is 0 Å². The molecule has 42 heavy (non-hydrogen) atoms. The predicted molar refractivity (Wildman–Crippen MR) is 161 cm³/mol. The normalized spacial score (nSPS) is 15.7. The Bertz CT molecular complexity index is 1980. The fourth-order valence-electron chi connectivity index (χ4n) is 6.64. The Labute approximate surface area is 241 Å². The van der Waals surface area contributed by atoms with Gasteiger partial charge in [-0.25, -0.2) is 19.9 Å². The molecule has 0 saturated heterocycles. The monoisotopic (exact) mass is 565 g/mol. The van der Waals surface area contributed by atoms with Crippen LogP contribution in [0, 0.1) is 17.3 Å². The van der Waals surface area contributed by atoms with Gasteiger partial charge >= 0.3 is 0 Å². The molecule has 8 rings (SSSR count). The number of fused-ring (bicyclic) bond motifs is 6. The van der Waals surface area contributed by atoms with Gasteiger partial charge in [0.15, 0.2) is 5.69 Å². The van der Waals surface area contributed by atoms with E-state index in [9.17, 15) is 9.65 Å². The van der Waals surface area contributed by atoms with Crippen molar-refractivity contribution in [2.24, 2.45) is 0 Å². The highest BCUT2D eigenvalue weighted by Crippen LogP contribution is 2.39. The van der Waals surface area contributed by atoms with Crippen molar-refractivity contribution in [2.45, 2.75) is 70.9 Å². The summed E-state index contributed by atoms with van der Waals surface area (Å²) in [5.74, 6) is 0.0231. The van der Waals surface area contributed by atoms with Crippen molar-refractivity contribution in [1.82, 2.24) is 39.0 Å². The maximum atomic E-state index is 14.2. The number of pyridine rings is 2. The zero-order chi connectivity index (χ0) is 28.1. The van der Waals surface area contributed by atoms with Crippen LogP contribution in [-0.2, 0) is 0 Å². The number of aromatic nitrogens is 8. The molecule has 214 valence electrons. The van der Waals surface area contributed by atoms with Crippen LogP contribution in [0.1, 0.15) is 76.6 Å². The van der Waals surface area contributed by atoms with E-state index in [0.29, 0.717) is 22.9 Å². The molecule has 0 aliphatic heterocycles. The highest BCUT2D eigenvalue weighted by molar-refractivity contribution is 6.08. The smallest absolute Gasteiger partial charge is 0.237 e. The summed E-state index contributed by atoms with van der Waals surface area (Å²) in [6.45, 7) is 0. The van der Waals surface area contributed by atoms with Gasteiger partial charge in [0.05, 0.1) is 5.52 Å². The molecule has 0 spiro atoms. The lowest BCUT2D eigenvalue weighted by Crippen LogP contribution is -2.07. The van der Waals surface area contributed by atoms with E-state index >= 15 is 0 Å². The minimum atomic E-state index is -0.453. The van der Waals surface area contributed by atoms with Gasteiger partial charge in [0, 0.05) is 58.4 Å². The molecular formula is C30H32FN11. The van der Waals surface area contributed by atoms with Gasteiger partial charge in [-0.1, -0.05) is 33.1 Å². The van der Waals surface area contributed by atoms with E-state index < -0.39 is 5.95 Å². The summed E-state index contributed by atoms with van der Waals surface area (Å²) in [5.41, 5.74) is 14.8. The van der Waals surface area contributed by atoms with Crippen LogP contribution in [0.25, 0.3) is 43.9 Å². The number of rotatable bonds is 2. The lowest BCUT2D eigenvalue weighted by atomic mass is 10.2. The van der Waals surface area contributed by atoms with Crippen molar-refractivity contribution in [2.75, 3.05) is 11.5 Å². The summed E-state index contributed by atoms with van der Waals surface area (Å²) in [6, 6.07) is 6.55. The summed E-state index contributed by atoms with van der Waals surface area (Å²) in [7, 11) is 0. The van der Waals surface area contributed by atoms with Gasteiger partial charge < -0.3 is 20.6 Å². The second-order valence-corrected chi connectivity index (χ2v) is 10.7. The van der Waals surface area contributed by atoms with Crippen LogP contribution in [0.5, 0.6) is 0 Å². The van der Waals surface area contributed by atoms with Crippen LogP contribution < -0.4 is 11.5 Å². The van der Waals surface area contributed by atoms with E-state index in [1.807, 2.05) is 16.7 Å². The first kappa shape index (κ1) is 27.3. The van der Waals surface area contributed by atoms with E-state index in [0.717, 1.165) is 71.2 Å². The Morgan fingerprint density at radius 1 is 0.714 bits per heavy atom. The fraction of sp³-hybridized carbons (Fsp3) is 0.367. The molecule has 0 radical (unpaired) electrons. The van der Waals surface area contributed by atoms with E-state index in [1.165, 1.54) is 19.0 Å². The predicted octanol–water partition coefficient (Wildman–Crippen LogP) is 6.00. The number of nitriles is 1. The van der Waals surface area contributed by atoms with Crippen molar-refractivity contribution in [3.05, 3.63) is 48.6 Å². The summed E-state index contributed by atoms with van der Waals surface area (Å²) >= 11 is 0. The van der Waals surface area contributed by atoms with Crippen molar-refractivity contribution < 1.29 is 4.39 Å². The molecule has 6 aromatic heterocycles. The van der Waals surface area contributed by atoms with Gasteiger partial charge in [-0.2, -0.15) is 19.6 Å². The van der Waals surface area contributed by atoms with Gasteiger partial charge in [-0.05, 0) is 37.8 Å². The Morgan fingerprint density at radius 3 is 1.71 bits per heavy atom. The van der Waals surface area contributed by atoms with Crippen LogP contribution >= 0.6 is 0 Å². The van der Waals surface area contributed by atoms with E-state index in [2.05, 4.69) is 40.5 Å². The van der Waals surface area contributed by atoms with Crippen LogP contribution in [0.2, 0.25) is 0 Å². The average Bonchev–Trinajstić information content (AvgIpc) is 3.78. The summed E-state index contributed by atoms with van der Waals surface area (Å²) in [5, 5.41) is 12.9. The lowest BCUT2D eigenvalue weighted by Gasteiger charge is -2.14. The molecular weight excluding hydrogens is 533 g/mol. The highest BCUT2D eigenvalue weighted by atomic mass is 19.1. The molecule has 11 nitrogen and oxygen atoms in total. The van der Waals surface area contributed by atoms with Gasteiger partial charge in [0.25, 0.3) is 0 Å². The molecule has 0 unspecified atom stereocenters. The summed E-state index contributed by atoms with van der Waals surface area (Å²) in [6.07, 6.45) is 15.6. The van der Waals surface area contributed by atoms with Crippen LogP contribution in [0.3, 0.4) is 0 Å². The minimum absolute atomic E-state index is 0. The lowest BCUT2D eigenvalue weighted by molar-refractivity contribution is 0.526. The number of hydrogen-bond donors (Lipinski definition) is 2. The Balaban J connectivity index is 0.000000147. The second kappa shape index (κ2) is 10.8. The maximum Gasteiger partial charge on any atom is 0.237 e. The van der Waals surface area contributed by atoms with E-state index in [4.69, 9.17) is 11.5 Å². The Kier molecular flexibility index (Phi) is 7.02. The first-order valence-electron chi connectivity index (χ1n) is 13.9. The molecule has 6 aromatic rings. The maximum absolute atomic E-state index is 14.2. The quantitative estimate of drug-likeness (QED) is 0.240. The van der Waals surface area contributed by atoms with Gasteiger partial charge in [0.1, 0.15) is 22.9 Å². The summed E-state index contributed by atoms with van der Waals surface area (Å²) in [4.78, 5) is 24.9. The molecule has 2 aliphatic carbocycles. The van der Waals surface area contributed by atoms with Crippen LogP contribution in [-0.4, -0.2) is 39.0 Å². The number of halogens is 1. The van der Waals surface area contributed by atoms with E-state index in [1.54, 1.807) is 18.6 Å². The largest absolute Gasteiger partial charge is 0.368 e. The van der Waals surface area contributed by atoms with Gasteiger partial charge in [0.2, 0.25) is 17.8 Å². The molecule has 2 fully saturated rings. The SMILES string of the molecule is C.N#Cc1nccc2c3cnc(N)nc3n(C3CCCC3)c12.Nc1ncc2c3ccnc(F)c3n(C3CCCC3)c2n1.